The molecular formula is C20H21F3N4OS2. The highest BCUT2D eigenvalue weighted by Gasteiger charge is 2.33. The number of alkyl halides is 3. The number of para-hydroxylation sites is 1. The maximum Gasteiger partial charge on any atom is 0.418 e. The second-order valence-corrected chi connectivity index (χ2v) is 8.42. The number of hydrogen-bond acceptors (Lipinski definition) is 5. The van der Waals surface area contributed by atoms with E-state index < -0.39 is 17.6 Å². The van der Waals surface area contributed by atoms with Crippen LogP contribution in [-0.4, -0.2) is 26.4 Å². The van der Waals surface area contributed by atoms with Gasteiger partial charge in [0.05, 0.1) is 17.0 Å². The lowest BCUT2D eigenvalue weighted by Gasteiger charge is -2.13. The number of rotatable bonds is 8. The Morgan fingerprint density at radius 1 is 1.23 bits per heavy atom. The first-order valence-corrected chi connectivity index (χ1v) is 11.3. The van der Waals surface area contributed by atoms with Crippen LogP contribution >= 0.6 is 23.1 Å². The summed E-state index contributed by atoms with van der Waals surface area (Å²) >= 11 is 2.82. The molecule has 0 aliphatic rings. The first kappa shape index (κ1) is 22.4. The van der Waals surface area contributed by atoms with Crippen LogP contribution < -0.4 is 5.32 Å². The van der Waals surface area contributed by atoms with Crippen LogP contribution in [-0.2, 0) is 23.9 Å². The second-order valence-electron chi connectivity index (χ2n) is 6.48. The van der Waals surface area contributed by atoms with Crippen LogP contribution in [0.3, 0.4) is 0 Å². The van der Waals surface area contributed by atoms with E-state index in [1.807, 2.05) is 16.9 Å². The maximum absolute atomic E-state index is 13.1. The van der Waals surface area contributed by atoms with Crippen molar-refractivity contribution in [3.63, 3.8) is 0 Å². The van der Waals surface area contributed by atoms with Crippen molar-refractivity contribution in [2.45, 2.75) is 44.6 Å². The topological polar surface area (TPSA) is 59.8 Å². The third-order valence-electron chi connectivity index (χ3n) is 4.28. The van der Waals surface area contributed by atoms with Crippen LogP contribution in [0.15, 0.2) is 40.9 Å². The highest BCUT2D eigenvalue weighted by Crippen LogP contribution is 2.35. The molecular weight excluding hydrogens is 433 g/mol. The molecule has 0 radical (unpaired) electrons. The van der Waals surface area contributed by atoms with Crippen LogP contribution in [0.4, 0.5) is 18.9 Å². The molecule has 160 valence electrons. The Morgan fingerprint density at radius 2 is 2.00 bits per heavy atom. The van der Waals surface area contributed by atoms with Crippen molar-refractivity contribution in [1.29, 1.82) is 0 Å². The van der Waals surface area contributed by atoms with E-state index in [-0.39, 0.29) is 11.4 Å². The number of anilines is 1. The van der Waals surface area contributed by atoms with Gasteiger partial charge in [-0.25, -0.2) is 0 Å². The number of hydrogen-bond donors (Lipinski definition) is 1. The third kappa shape index (κ3) is 5.23. The summed E-state index contributed by atoms with van der Waals surface area (Å²) < 4.78 is 41.2. The molecule has 0 saturated heterocycles. The largest absolute Gasteiger partial charge is 0.418 e. The number of amides is 1. The van der Waals surface area contributed by atoms with Crippen molar-refractivity contribution in [3.05, 3.63) is 46.2 Å². The highest BCUT2D eigenvalue weighted by molar-refractivity contribution is 7.99. The lowest BCUT2D eigenvalue weighted by Crippen LogP contribution is -2.18. The summed E-state index contributed by atoms with van der Waals surface area (Å²) in [6.45, 7) is 4.69. The second kappa shape index (κ2) is 9.65. The fraction of sp³-hybridized carbons (Fsp3) is 0.350. The summed E-state index contributed by atoms with van der Waals surface area (Å²) in [6.07, 6.45) is -2.47. The number of nitrogens with one attached hydrogen (secondary N) is 1. The van der Waals surface area contributed by atoms with Gasteiger partial charge in [-0.3, -0.25) is 4.79 Å². The van der Waals surface area contributed by atoms with Gasteiger partial charge in [-0.15, -0.1) is 21.5 Å². The fourth-order valence-electron chi connectivity index (χ4n) is 2.93. The van der Waals surface area contributed by atoms with Crippen molar-refractivity contribution in [2.24, 2.45) is 0 Å². The molecule has 0 spiro atoms. The lowest BCUT2D eigenvalue weighted by molar-refractivity contribution is -0.137. The molecule has 0 aliphatic heterocycles. The number of halogens is 3. The minimum absolute atomic E-state index is 0.0744. The van der Waals surface area contributed by atoms with Crippen molar-refractivity contribution in [1.82, 2.24) is 14.8 Å². The summed E-state index contributed by atoms with van der Waals surface area (Å²) in [6, 6.07) is 7.01. The molecule has 30 heavy (non-hydrogen) atoms. The van der Waals surface area contributed by atoms with E-state index >= 15 is 0 Å². The number of aryl methyl sites for hydroxylation is 1. The number of thiophene rings is 1. The van der Waals surface area contributed by atoms with E-state index in [0.29, 0.717) is 11.7 Å². The number of nitrogens with zero attached hydrogens (tertiary/aromatic N) is 3. The summed E-state index contributed by atoms with van der Waals surface area (Å²) in [5.41, 5.74) is -0.147. The molecule has 1 amide bonds. The minimum atomic E-state index is -4.54. The Hall–Kier alpha value is -2.33. The molecule has 3 aromatic rings. The van der Waals surface area contributed by atoms with Gasteiger partial charge < -0.3 is 9.88 Å². The van der Waals surface area contributed by atoms with Gasteiger partial charge in [0.1, 0.15) is 0 Å². The van der Waals surface area contributed by atoms with Crippen molar-refractivity contribution in [2.75, 3.05) is 11.1 Å². The zero-order valence-electron chi connectivity index (χ0n) is 16.5. The average Bonchev–Trinajstić information content (AvgIpc) is 3.32. The van der Waals surface area contributed by atoms with Crippen molar-refractivity contribution in [3.8, 4) is 11.4 Å². The molecule has 3 rings (SSSR count). The van der Waals surface area contributed by atoms with E-state index in [2.05, 4.69) is 28.5 Å². The molecule has 0 saturated carbocycles. The first-order chi connectivity index (χ1) is 14.3. The summed E-state index contributed by atoms with van der Waals surface area (Å²) in [5.74, 6) is 0.112. The fourth-order valence-corrected chi connectivity index (χ4v) is 4.70. The molecule has 2 aromatic heterocycles. The highest BCUT2D eigenvalue weighted by atomic mass is 32.2. The molecule has 0 atom stereocenters. The zero-order valence-corrected chi connectivity index (χ0v) is 18.1. The number of carbonyl (C=O) groups excluding carboxylic acids is 1. The summed E-state index contributed by atoms with van der Waals surface area (Å²) in [5, 5.41) is 13.4. The number of thioether (sulfide) groups is 1. The third-order valence-corrected chi connectivity index (χ3v) is 6.24. The maximum atomic E-state index is 13.1. The monoisotopic (exact) mass is 454 g/mol. The number of benzene rings is 1. The van der Waals surface area contributed by atoms with Crippen LogP contribution in [0.5, 0.6) is 0 Å². The van der Waals surface area contributed by atoms with Gasteiger partial charge in [-0.1, -0.05) is 37.2 Å². The molecule has 10 heteroatoms. The van der Waals surface area contributed by atoms with Gasteiger partial charge in [0.15, 0.2) is 11.0 Å². The van der Waals surface area contributed by atoms with E-state index in [4.69, 9.17) is 0 Å². The molecule has 0 aliphatic carbocycles. The molecule has 2 heterocycles. The Morgan fingerprint density at radius 3 is 2.70 bits per heavy atom. The van der Waals surface area contributed by atoms with Gasteiger partial charge in [0.25, 0.3) is 0 Å². The summed E-state index contributed by atoms with van der Waals surface area (Å²) in [7, 11) is 0. The number of carbonyl (C=O) groups is 1. The standard InChI is InChI=1S/C20H21F3N4OS2/c1-3-7-14-10-13(11-29-14)18-25-26-19(27(18)4-2)30-12-17(28)24-16-9-6-5-8-15(16)20(21,22)23/h5-6,8-11H,3-4,7,12H2,1-2H3,(H,24,28). The van der Waals surface area contributed by atoms with Gasteiger partial charge in [0.2, 0.25) is 5.91 Å². The Kier molecular flexibility index (Phi) is 7.19. The van der Waals surface area contributed by atoms with E-state index in [0.717, 1.165) is 42.1 Å². The van der Waals surface area contributed by atoms with Gasteiger partial charge in [-0.2, -0.15) is 13.2 Å². The predicted molar refractivity (Wildman–Crippen MR) is 114 cm³/mol. The van der Waals surface area contributed by atoms with Crippen molar-refractivity contribution >= 4 is 34.7 Å². The zero-order chi connectivity index (χ0) is 21.7. The molecule has 1 aromatic carbocycles. The van der Waals surface area contributed by atoms with E-state index in [1.165, 1.54) is 23.1 Å². The van der Waals surface area contributed by atoms with E-state index in [9.17, 15) is 18.0 Å². The molecule has 1 N–H and O–H groups in total. The molecule has 5 nitrogen and oxygen atoms in total. The molecule has 0 unspecified atom stereocenters. The van der Waals surface area contributed by atoms with E-state index in [1.54, 1.807) is 11.3 Å². The van der Waals surface area contributed by atoms with Crippen LogP contribution in [0, 0.1) is 0 Å². The Bertz CT molecular complexity index is 1010. The average molecular weight is 455 g/mol. The van der Waals surface area contributed by atoms with Crippen LogP contribution in [0.2, 0.25) is 0 Å². The van der Waals surface area contributed by atoms with Gasteiger partial charge >= 0.3 is 6.18 Å². The van der Waals surface area contributed by atoms with Crippen LogP contribution in [0.25, 0.3) is 11.4 Å². The smallest absolute Gasteiger partial charge is 0.325 e. The lowest BCUT2D eigenvalue weighted by atomic mass is 10.1. The summed E-state index contributed by atoms with van der Waals surface area (Å²) in [4.78, 5) is 13.5. The Balaban J connectivity index is 1.69. The van der Waals surface area contributed by atoms with Crippen LogP contribution in [0.1, 0.15) is 30.7 Å². The SMILES string of the molecule is CCCc1cc(-c2nnc(SCC(=O)Nc3ccccc3C(F)(F)F)n2CC)cs1. The normalized spacial score (nSPS) is 11.6. The Labute approximate surface area is 180 Å². The number of aromatic nitrogens is 3. The predicted octanol–water partition coefficient (Wildman–Crippen LogP) is 5.73. The quantitative estimate of drug-likeness (QED) is 0.442. The van der Waals surface area contributed by atoms with Gasteiger partial charge in [-0.05, 0) is 31.5 Å². The molecule has 0 bridgehead atoms. The minimum Gasteiger partial charge on any atom is -0.325 e. The van der Waals surface area contributed by atoms with Gasteiger partial charge in [0, 0.05) is 22.4 Å². The first-order valence-electron chi connectivity index (χ1n) is 9.43. The molecule has 0 fully saturated rings. The van der Waals surface area contributed by atoms with Crippen molar-refractivity contribution < 1.29 is 18.0 Å².